The van der Waals surface area contributed by atoms with Gasteiger partial charge in [-0.1, -0.05) is 38.4 Å². The molecular weight excluding hydrogens is 474 g/mol. The van der Waals surface area contributed by atoms with E-state index in [-0.39, 0.29) is 18.0 Å². The average molecular weight is 516 g/mol. The van der Waals surface area contributed by atoms with Gasteiger partial charge < -0.3 is 20.1 Å². The van der Waals surface area contributed by atoms with E-state index in [0.29, 0.717) is 23.5 Å². The zero-order valence-electron chi connectivity index (χ0n) is 22.6. The molecule has 1 aromatic heterocycles. The van der Waals surface area contributed by atoms with Crippen LogP contribution in [0.2, 0.25) is 5.15 Å². The molecule has 0 radical (unpaired) electrons. The molecule has 1 aliphatic carbocycles. The van der Waals surface area contributed by atoms with Crippen LogP contribution in [-0.2, 0) is 9.53 Å². The van der Waals surface area contributed by atoms with E-state index in [1.54, 1.807) is 12.3 Å². The number of pyridine rings is 1. The molecule has 0 saturated heterocycles. The van der Waals surface area contributed by atoms with Gasteiger partial charge in [0.05, 0.1) is 35.8 Å². The number of nitrogens with one attached hydrogen (secondary N) is 1. The summed E-state index contributed by atoms with van der Waals surface area (Å²) in [6.45, 7) is 13.1. The van der Waals surface area contributed by atoms with Crippen molar-refractivity contribution in [3.63, 3.8) is 0 Å². The third-order valence-electron chi connectivity index (χ3n) is 6.47. The maximum absolute atomic E-state index is 12.5. The van der Waals surface area contributed by atoms with Crippen molar-refractivity contribution in [1.29, 1.82) is 0 Å². The molecular formula is C29H42ClN3O3. The first-order valence-electron chi connectivity index (χ1n) is 13.1. The quantitative estimate of drug-likeness (QED) is 0.274. The summed E-state index contributed by atoms with van der Waals surface area (Å²) >= 11 is 6.02. The molecule has 1 aromatic carbocycles. The molecule has 1 atom stereocenters. The average Bonchev–Trinajstić information content (AvgIpc) is 2.78. The van der Waals surface area contributed by atoms with Crippen molar-refractivity contribution < 1.29 is 14.6 Å². The number of halogens is 1. The minimum absolute atomic E-state index is 0.00108. The summed E-state index contributed by atoms with van der Waals surface area (Å²) in [7, 11) is 0. The molecule has 1 saturated carbocycles. The Morgan fingerprint density at radius 3 is 2.44 bits per heavy atom. The third kappa shape index (κ3) is 8.38. The Balaban J connectivity index is 1.95. The molecule has 1 aliphatic rings. The molecule has 198 valence electrons. The zero-order chi connectivity index (χ0) is 26.5. The molecule has 0 spiro atoms. The number of carbonyl (C=O) groups excluding carboxylic acids is 1. The van der Waals surface area contributed by atoms with Crippen molar-refractivity contribution in [2.45, 2.75) is 97.3 Å². The largest absolute Gasteiger partial charge is 0.460 e. The fourth-order valence-electron chi connectivity index (χ4n) is 4.77. The molecule has 6 nitrogen and oxygen atoms in total. The molecule has 7 heteroatoms. The van der Waals surface area contributed by atoms with Crippen LogP contribution in [0.4, 0.5) is 17.1 Å². The summed E-state index contributed by atoms with van der Waals surface area (Å²) in [6, 6.07) is 10.5. The minimum atomic E-state index is -0.500. The van der Waals surface area contributed by atoms with Gasteiger partial charge in [-0.15, -0.1) is 0 Å². The van der Waals surface area contributed by atoms with E-state index in [4.69, 9.17) is 16.3 Å². The topological polar surface area (TPSA) is 74.7 Å². The van der Waals surface area contributed by atoms with Gasteiger partial charge in [-0.3, -0.25) is 4.79 Å². The van der Waals surface area contributed by atoms with Gasteiger partial charge in [0.2, 0.25) is 0 Å². The number of aliphatic hydroxyl groups is 1. The Labute approximate surface area is 221 Å². The molecule has 0 amide bonds. The van der Waals surface area contributed by atoms with Gasteiger partial charge >= 0.3 is 5.97 Å². The lowest BCUT2D eigenvalue weighted by molar-refractivity contribution is -0.155. The second kappa shape index (κ2) is 12.3. The van der Waals surface area contributed by atoms with Crippen LogP contribution in [0, 0.1) is 5.92 Å². The van der Waals surface area contributed by atoms with Gasteiger partial charge in [0.25, 0.3) is 0 Å². The Morgan fingerprint density at radius 2 is 1.86 bits per heavy atom. The molecule has 1 fully saturated rings. The van der Waals surface area contributed by atoms with E-state index in [1.165, 1.54) is 0 Å². The fourth-order valence-corrected chi connectivity index (χ4v) is 4.89. The number of nitrogens with zero attached hydrogens (tertiary/aromatic N) is 2. The van der Waals surface area contributed by atoms with E-state index < -0.39 is 5.60 Å². The zero-order valence-corrected chi connectivity index (χ0v) is 23.3. The highest BCUT2D eigenvalue weighted by Crippen LogP contribution is 2.37. The molecule has 1 unspecified atom stereocenters. The standard InChI is InChI=1S/C29H42ClN3O3/c1-19(2)18-33(23-9-11-24(34)12-10-23)26-13-7-21(20(3)15-28(35)36-29(4,5)6)16-25(26)32-22-8-14-27(30)31-17-22/h7-8,13-14,16-17,19-20,23-24,32,34H,9-12,15,18H2,1-6H3. The fraction of sp³-hybridized carbons (Fsp3) is 0.586. The Hall–Kier alpha value is -2.31. The lowest BCUT2D eigenvalue weighted by atomic mass is 9.90. The molecule has 36 heavy (non-hydrogen) atoms. The van der Waals surface area contributed by atoms with Gasteiger partial charge in [-0.2, -0.15) is 0 Å². The number of aromatic nitrogens is 1. The highest BCUT2D eigenvalue weighted by atomic mass is 35.5. The third-order valence-corrected chi connectivity index (χ3v) is 6.69. The van der Waals surface area contributed by atoms with E-state index >= 15 is 0 Å². The van der Waals surface area contributed by atoms with Crippen LogP contribution in [0.5, 0.6) is 0 Å². The van der Waals surface area contributed by atoms with E-state index in [2.05, 4.69) is 54.2 Å². The number of benzene rings is 1. The van der Waals surface area contributed by atoms with E-state index in [9.17, 15) is 9.90 Å². The second-order valence-corrected chi connectivity index (χ2v) is 11.9. The summed E-state index contributed by atoms with van der Waals surface area (Å²) in [5.74, 6) is 0.284. The first-order chi connectivity index (χ1) is 16.9. The number of aliphatic hydroxyl groups excluding tert-OH is 1. The molecule has 2 N–H and O–H groups in total. The minimum Gasteiger partial charge on any atom is -0.460 e. The maximum atomic E-state index is 12.5. The van der Waals surface area contributed by atoms with Gasteiger partial charge in [0.1, 0.15) is 10.8 Å². The van der Waals surface area contributed by atoms with Crippen LogP contribution >= 0.6 is 11.6 Å². The number of esters is 1. The first kappa shape index (κ1) is 28.3. The predicted octanol–water partition coefficient (Wildman–Crippen LogP) is 7.08. The van der Waals surface area contributed by atoms with Crippen molar-refractivity contribution in [2.24, 2.45) is 5.92 Å². The smallest absolute Gasteiger partial charge is 0.306 e. The van der Waals surface area contributed by atoms with Crippen LogP contribution < -0.4 is 10.2 Å². The number of hydrogen-bond acceptors (Lipinski definition) is 6. The molecule has 0 aliphatic heterocycles. The number of anilines is 3. The monoisotopic (exact) mass is 515 g/mol. The summed E-state index contributed by atoms with van der Waals surface area (Å²) in [5.41, 5.74) is 3.51. The molecule has 1 heterocycles. The first-order valence-corrected chi connectivity index (χ1v) is 13.5. The number of hydrogen-bond donors (Lipinski definition) is 2. The number of rotatable bonds is 9. The van der Waals surface area contributed by atoms with Gasteiger partial charge in [-0.25, -0.2) is 4.98 Å². The Kier molecular flexibility index (Phi) is 9.65. The van der Waals surface area contributed by atoms with Crippen LogP contribution in [0.15, 0.2) is 36.5 Å². The predicted molar refractivity (Wildman–Crippen MR) is 148 cm³/mol. The van der Waals surface area contributed by atoms with Crippen molar-refractivity contribution in [3.8, 4) is 0 Å². The van der Waals surface area contributed by atoms with Crippen LogP contribution in [-0.4, -0.2) is 40.4 Å². The Bertz CT molecular complexity index is 996. The number of carbonyl (C=O) groups is 1. The summed E-state index contributed by atoms with van der Waals surface area (Å²) in [5, 5.41) is 14.1. The summed E-state index contributed by atoms with van der Waals surface area (Å²) < 4.78 is 5.56. The van der Waals surface area contributed by atoms with Crippen LogP contribution in [0.1, 0.15) is 85.1 Å². The van der Waals surface area contributed by atoms with Crippen LogP contribution in [0.3, 0.4) is 0 Å². The van der Waals surface area contributed by atoms with Crippen molar-refractivity contribution in [1.82, 2.24) is 4.98 Å². The van der Waals surface area contributed by atoms with Crippen molar-refractivity contribution in [3.05, 3.63) is 47.2 Å². The number of ether oxygens (including phenoxy) is 1. The highest BCUT2D eigenvalue weighted by Gasteiger charge is 2.28. The SMILES string of the molecule is CC(C)CN(c1ccc(C(C)CC(=O)OC(C)(C)C)cc1Nc1ccc(Cl)nc1)C1CCC(O)CC1. The van der Waals surface area contributed by atoms with Crippen molar-refractivity contribution in [2.75, 3.05) is 16.8 Å². The molecule has 2 aromatic rings. The Morgan fingerprint density at radius 1 is 1.17 bits per heavy atom. The summed E-state index contributed by atoms with van der Waals surface area (Å²) in [6.07, 6.45) is 5.43. The summed E-state index contributed by atoms with van der Waals surface area (Å²) in [4.78, 5) is 19.2. The normalized spacial score (nSPS) is 19.1. The molecule has 0 bridgehead atoms. The maximum Gasteiger partial charge on any atom is 0.306 e. The van der Waals surface area contributed by atoms with Crippen molar-refractivity contribution >= 4 is 34.6 Å². The van der Waals surface area contributed by atoms with Gasteiger partial charge in [0.15, 0.2) is 0 Å². The molecule has 3 rings (SSSR count). The second-order valence-electron chi connectivity index (χ2n) is 11.5. The van der Waals surface area contributed by atoms with Gasteiger partial charge in [-0.05, 0) is 88.1 Å². The van der Waals surface area contributed by atoms with Crippen LogP contribution in [0.25, 0.3) is 0 Å². The van der Waals surface area contributed by atoms with Gasteiger partial charge in [0, 0.05) is 12.6 Å². The highest BCUT2D eigenvalue weighted by molar-refractivity contribution is 6.29. The lowest BCUT2D eigenvalue weighted by Gasteiger charge is -2.39. The van der Waals surface area contributed by atoms with E-state index in [0.717, 1.165) is 54.9 Å². The lowest BCUT2D eigenvalue weighted by Crippen LogP contribution is -2.41. The van der Waals surface area contributed by atoms with E-state index in [1.807, 2.05) is 26.8 Å².